The van der Waals surface area contributed by atoms with Gasteiger partial charge in [0.05, 0.1) is 17.3 Å². The van der Waals surface area contributed by atoms with E-state index in [0.29, 0.717) is 17.3 Å². The third-order valence-electron chi connectivity index (χ3n) is 3.52. The highest BCUT2D eigenvalue weighted by molar-refractivity contribution is 9.10. The van der Waals surface area contributed by atoms with Gasteiger partial charge in [-0.15, -0.1) is 0 Å². The summed E-state index contributed by atoms with van der Waals surface area (Å²) in [6.07, 6.45) is 6.25. The fourth-order valence-corrected chi connectivity index (χ4v) is 3.18. The van der Waals surface area contributed by atoms with Gasteiger partial charge in [0, 0.05) is 4.47 Å². The summed E-state index contributed by atoms with van der Waals surface area (Å²) >= 11 is 9.46. The predicted octanol–water partition coefficient (Wildman–Crippen LogP) is 4.31. The number of hydrogen-bond donors (Lipinski definition) is 1. The second-order valence-corrected chi connectivity index (χ2v) is 6.54. The van der Waals surface area contributed by atoms with Gasteiger partial charge in [0.1, 0.15) is 0 Å². The smallest absolute Gasteiger partial charge is 0.238 e. The fraction of sp³-hybridized carbons (Fsp3) is 0.533. The van der Waals surface area contributed by atoms with E-state index < -0.39 is 0 Å². The zero-order valence-corrected chi connectivity index (χ0v) is 13.8. The Kier molecular flexibility index (Phi) is 6.33. The number of nitrogens with zero attached hydrogens (tertiary/aromatic N) is 1. The number of nitrogens with one attached hydrogen (secondary N) is 1. The number of carbonyl (C=O) groups excluding carboxylic acids is 1. The molecule has 0 spiro atoms. The number of halogens is 2. The molecule has 3 nitrogen and oxygen atoms in total. The van der Waals surface area contributed by atoms with E-state index in [9.17, 15) is 4.79 Å². The molecule has 0 atom stereocenters. The summed E-state index contributed by atoms with van der Waals surface area (Å²) in [6, 6.07) is 5.47. The lowest BCUT2D eigenvalue weighted by atomic mass is 10.1. The van der Waals surface area contributed by atoms with Gasteiger partial charge in [0.15, 0.2) is 0 Å². The first-order valence-corrected chi connectivity index (χ1v) is 8.29. The van der Waals surface area contributed by atoms with Crippen molar-refractivity contribution in [1.82, 2.24) is 4.90 Å². The van der Waals surface area contributed by atoms with Crippen molar-refractivity contribution in [2.24, 2.45) is 0 Å². The highest BCUT2D eigenvalue weighted by Gasteiger charge is 2.13. The van der Waals surface area contributed by atoms with Gasteiger partial charge in [-0.1, -0.05) is 46.8 Å². The Morgan fingerprint density at radius 2 is 1.85 bits per heavy atom. The van der Waals surface area contributed by atoms with Gasteiger partial charge in [0.2, 0.25) is 5.91 Å². The monoisotopic (exact) mass is 358 g/mol. The van der Waals surface area contributed by atoms with E-state index >= 15 is 0 Å². The Morgan fingerprint density at radius 1 is 1.20 bits per heavy atom. The lowest BCUT2D eigenvalue weighted by Gasteiger charge is -2.23. The molecular formula is C15H20BrClN2O. The Hall–Kier alpha value is -0.580. The zero-order valence-electron chi connectivity index (χ0n) is 11.5. The first-order chi connectivity index (χ1) is 9.65. The van der Waals surface area contributed by atoms with Crippen molar-refractivity contribution < 1.29 is 4.79 Å². The van der Waals surface area contributed by atoms with Crippen LogP contribution in [-0.4, -0.2) is 30.4 Å². The highest BCUT2D eigenvalue weighted by Crippen LogP contribution is 2.25. The van der Waals surface area contributed by atoms with E-state index in [0.717, 1.165) is 17.6 Å². The molecule has 2 rings (SSSR count). The fourth-order valence-electron chi connectivity index (χ4n) is 2.45. The minimum atomic E-state index is 0.00907. The molecule has 0 aliphatic carbocycles. The summed E-state index contributed by atoms with van der Waals surface area (Å²) in [5.74, 6) is 0.00907. The Labute approximate surface area is 133 Å². The third kappa shape index (κ3) is 5.08. The number of carbonyl (C=O) groups is 1. The zero-order chi connectivity index (χ0) is 14.4. The van der Waals surface area contributed by atoms with Gasteiger partial charge < -0.3 is 5.32 Å². The van der Waals surface area contributed by atoms with Crippen molar-refractivity contribution in [3.05, 3.63) is 27.7 Å². The molecule has 1 fully saturated rings. The number of rotatable bonds is 3. The molecule has 1 N–H and O–H groups in total. The van der Waals surface area contributed by atoms with E-state index in [1.807, 2.05) is 12.1 Å². The number of benzene rings is 1. The van der Waals surface area contributed by atoms with Crippen LogP contribution in [0, 0.1) is 0 Å². The number of hydrogen-bond acceptors (Lipinski definition) is 2. The Morgan fingerprint density at radius 3 is 2.50 bits per heavy atom. The van der Waals surface area contributed by atoms with Crippen LogP contribution < -0.4 is 5.32 Å². The summed E-state index contributed by atoms with van der Waals surface area (Å²) in [7, 11) is 0. The lowest BCUT2D eigenvalue weighted by Crippen LogP contribution is -2.35. The highest BCUT2D eigenvalue weighted by atomic mass is 79.9. The Bertz CT molecular complexity index is 459. The molecule has 0 bridgehead atoms. The second-order valence-electron chi connectivity index (χ2n) is 5.22. The van der Waals surface area contributed by atoms with Crippen LogP contribution in [0.3, 0.4) is 0 Å². The molecule has 1 aliphatic rings. The van der Waals surface area contributed by atoms with E-state index in [1.165, 1.54) is 32.1 Å². The van der Waals surface area contributed by atoms with Crippen molar-refractivity contribution >= 4 is 39.1 Å². The second kappa shape index (κ2) is 8.01. The molecule has 0 unspecified atom stereocenters. The van der Waals surface area contributed by atoms with Crippen molar-refractivity contribution in [2.75, 3.05) is 25.0 Å². The Balaban J connectivity index is 1.87. The average Bonchev–Trinajstić information content (AvgIpc) is 2.36. The number of likely N-dealkylation sites (tertiary alicyclic amines) is 1. The first-order valence-electron chi connectivity index (χ1n) is 7.12. The maximum absolute atomic E-state index is 12.1. The number of anilines is 1. The normalized spacial score (nSPS) is 17.3. The molecule has 1 heterocycles. The van der Waals surface area contributed by atoms with E-state index in [1.54, 1.807) is 6.07 Å². The largest absolute Gasteiger partial charge is 0.324 e. The lowest BCUT2D eigenvalue weighted by molar-refractivity contribution is -0.117. The van der Waals surface area contributed by atoms with Crippen LogP contribution in [0.25, 0.3) is 0 Å². The molecular weight excluding hydrogens is 340 g/mol. The molecule has 1 aromatic rings. The minimum absolute atomic E-state index is 0.00907. The van der Waals surface area contributed by atoms with Gasteiger partial charge in [-0.25, -0.2) is 0 Å². The maximum atomic E-state index is 12.1. The van der Waals surface area contributed by atoms with Gasteiger partial charge >= 0.3 is 0 Å². The van der Waals surface area contributed by atoms with Crippen LogP contribution in [0.2, 0.25) is 5.02 Å². The van der Waals surface area contributed by atoms with Crippen LogP contribution in [-0.2, 0) is 4.79 Å². The van der Waals surface area contributed by atoms with Crippen LogP contribution in [0.4, 0.5) is 5.69 Å². The number of amides is 1. The van der Waals surface area contributed by atoms with E-state index in [-0.39, 0.29) is 5.91 Å². The topological polar surface area (TPSA) is 32.3 Å². The van der Waals surface area contributed by atoms with Gasteiger partial charge in [-0.3, -0.25) is 9.69 Å². The first kappa shape index (κ1) is 15.8. The van der Waals surface area contributed by atoms with Crippen molar-refractivity contribution in [3.63, 3.8) is 0 Å². The standard InChI is InChI=1S/C15H20BrClN2O/c16-12-6-7-14(13(17)10-12)18-15(20)11-19-8-4-2-1-3-5-9-19/h6-7,10H,1-5,8-9,11H2,(H,18,20). The van der Waals surface area contributed by atoms with Crippen LogP contribution in [0.1, 0.15) is 32.1 Å². The van der Waals surface area contributed by atoms with Crippen LogP contribution in [0.5, 0.6) is 0 Å². The summed E-state index contributed by atoms with van der Waals surface area (Å²) in [5.41, 5.74) is 0.673. The molecule has 5 heteroatoms. The molecule has 1 amide bonds. The van der Waals surface area contributed by atoms with E-state index in [4.69, 9.17) is 11.6 Å². The van der Waals surface area contributed by atoms with E-state index in [2.05, 4.69) is 26.1 Å². The average molecular weight is 360 g/mol. The van der Waals surface area contributed by atoms with Crippen molar-refractivity contribution in [2.45, 2.75) is 32.1 Å². The summed E-state index contributed by atoms with van der Waals surface area (Å²) in [4.78, 5) is 14.3. The molecule has 0 saturated carbocycles. The SMILES string of the molecule is O=C(CN1CCCCCCC1)Nc1ccc(Br)cc1Cl. The summed E-state index contributed by atoms with van der Waals surface area (Å²) in [6.45, 7) is 2.48. The quantitative estimate of drug-likeness (QED) is 0.872. The molecule has 110 valence electrons. The van der Waals surface area contributed by atoms with Crippen LogP contribution in [0.15, 0.2) is 22.7 Å². The molecule has 1 aromatic carbocycles. The van der Waals surface area contributed by atoms with Crippen molar-refractivity contribution in [1.29, 1.82) is 0 Å². The molecule has 0 aromatic heterocycles. The minimum Gasteiger partial charge on any atom is -0.324 e. The summed E-state index contributed by atoms with van der Waals surface area (Å²) in [5, 5.41) is 3.44. The molecule has 20 heavy (non-hydrogen) atoms. The molecule has 1 saturated heterocycles. The molecule has 0 radical (unpaired) electrons. The van der Waals surface area contributed by atoms with Crippen molar-refractivity contribution in [3.8, 4) is 0 Å². The molecule has 1 aliphatic heterocycles. The van der Waals surface area contributed by atoms with Gasteiger partial charge in [-0.2, -0.15) is 0 Å². The summed E-state index contributed by atoms with van der Waals surface area (Å²) < 4.78 is 0.907. The van der Waals surface area contributed by atoms with Gasteiger partial charge in [0.25, 0.3) is 0 Å². The predicted molar refractivity (Wildman–Crippen MR) is 87.3 cm³/mol. The van der Waals surface area contributed by atoms with Gasteiger partial charge in [-0.05, 0) is 44.1 Å². The maximum Gasteiger partial charge on any atom is 0.238 e. The van der Waals surface area contributed by atoms with Crippen LogP contribution >= 0.6 is 27.5 Å². The third-order valence-corrected chi connectivity index (χ3v) is 4.33.